The van der Waals surface area contributed by atoms with Crippen LogP contribution in [-0.4, -0.2) is 64.8 Å². The zero-order valence-electron chi connectivity index (χ0n) is 23.5. The van der Waals surface area contributed by atoms with Crippen LogP contribution < -0.4 is 20.2 Å². The molecule has 1 aliphatic rings. The molecule has 0 aromatic heterocycles. The van der Waals surface area contributed by atoms with E-state index in [1.54, 1.807) is 13.0 Å². The van der Waals surface area contributed by atoms with Gasteiger partial charge < -0.3 is 14.8 Å². The SMILES string of the molecule is CCCONC(N)=NOc1cc(C)cc(OS(=O)(=O)c2ccccc2S(=O)(=O)N2CCN(Cc3ccccc3)CC2)c1. The summed E-state index contributed by atoms with van der Waals surface area (Å²) in [7, 11) is -8.70. The summed E-state index contributed by atoms with van der Waals surface area (Å²) >= 11 is 0. The first-order valence-corrected chi connectivity index (χ1v) is 16.2. The van der Waals surface area contributed by atoms with Crippen LogP contribution in [0.1, 0.15) is 24.5 Å². The van der Waals surface area contributed by atoms with Crippen LogP contribution >= 0.6 is 0 Å². The van der Waals surface area contributed by atoms with Crippen molar-refractivity contribution in [1.82, 2.24) is 14.7 Å². The largest absolute Gasteiger partial charge is 0.379 e. The Hall–Kier alpha value is -3.69. The van der Waals surface area contributed by atoms with E-state index in [2.05, 4.69) is 15.5 Å². The first kappa shape index (κ1) is 31.3. The predicted molar refractivity (Wildman–Crippen MR) is 158 cm³/mol. The number of guanidine groups is 1. The van der Waals surface area contributed by atoms with E-state index in [1.807, 2.05) is 37.3 Å². The molecule has 0 spiro atoms. The van der Waals surface area contributed by atoms with Gasteiger partial charge in [0.25, 0.3) is 5.96 Å². The molecule has 1 saturated heterocycles. The van der Waals surface area contributed by atoms with Gasteiger partial charge in [-0.25, -0.2) is 13.9 Å². The van der Waals surface area contributed by atoms with Crippen molar-refractivity contribution in [2.75, 3.05) is 32.8 Å². The smallest absolute Gasteiger partial charge is 0.340 e. The average Bonchev–Trinajstić information content (AvgIpc) is 2.96. The van der Waals surface area contributed by atoms with E-state index in [0.717, 1.165) is 12.0 Å². The molecule has 3 aromatic carbocycles. The van der Waals surface area contributed by atoms with Crippen molar-refractivity contribution in [3.05, 3.63) is 83.9 Å². The maximum absolute atomic E-state index is 13.6. The Labute approximate surface area is 246 Å². The summed E-state index contributed by atoms with van der Waals surface area (Å²) in [4.78, 5) is 11.7. The lowest BCUT2D eigenvalue weighted by Crippen LogP contribution is -2.48. The van der Waals surface area contributed by atoms with Crippen LogP contribution in [0.3, 0.4) is 0 Å². The number of piperazine rings is 1. The van der Waals surface area contributed by atoms with E-state index >= 15 is 0 Å². The maximum atomic E-state index is 13.6. The highest BCUT2D eigenvalue weighted by Gasteiger charge is 2.34. The van der Waals surface area contributed by atoms with Crippen molar-refractivity contribution in [2.24, 2.45) is 10.9 Å². The fraction of sp³-hybridized carbons (Fsp3) is 0.321. The second-order valence-electron chi connectivity index (χ2n) is 9.65. The number of hydroxylamine groups is 1. The molecule has 12 nitrogen and oxygen atoms in total. The summed E-state index contributed by atoms with van der Waals surface area (Å²) in [6.07, 6.45) is 0.768. The van der Waals surface area contributed by atoms with Gasteiger partial charge in [0, 0.05) is 38.8 Å². The highest BCUT2D eigenvalue weighted by molar-refractivity contribution is 7.91. The Balaban J connectivity index is 1.48. The number of hydrogen-bond acceptors (Lipinski definition) is 9. The Morgan fingerprint density at radius 2 is 1.55 bits per heavy atom. The minimum Gasteiger partial charge on any atom is -0.379 e. The topological polar surface area (TPSA) is 153 Å². The number of benzene rings is 3. The van der Waals surface area contributed by atoms with Crippen LogP contribution in [0, 0.1) is 6.92 Å². The zero-order valence-corrected chi connectivity index (χ0v) is 25.1. The third kappa shape index (κ3) is 8.20. The number of aryl methyl sites for hydroxylation is 1. The zero-order chi connectivity index (χ0) is 30.2. The fourth-order valence-corrected chi connectivity index (χ4v) is 7.43. The highest BCUT2D eigenvalue weighted by Crippen LogP contribution is 2.30. The molecule has 226 valence electrons. The third-order valence-electron chi connectivity index (χ3n) is 6.28. The first-order valence-electron chi connectivity index (χ1n) is 13.4. The molecule has 0 saturated carbocycles. The molecule has 0 atom stereocenters. The van der Waals surface area contributed by atoms with Crippen LogP contribution in [-0.2, 0) is 31.5 Å². The van der Waals surface area contributed by atoms with Gasteiger partial charge in [0.15, 0.2) is 5.75 Å². The van der Waals surface area contributed by atoms with Crippen molar-refractivity contribution in [3.63, 3.8) is 0 Å². The second kappa shape index (κ2) is 14.0. The van der Waals surface area contributed by atoms with Gasteiger partial charge in [0.05, 0.1) is 6.61 Å². The van der Waals surface area contributed by atoms with Gasteiger partial charge in [-0.1, -0.05) is 49.4 Å². The Morgan fingerprint density at radius 1 is 0.905 bits per heavy atom. The molecule has 3 N–H and O–H groups in total. The average molecular weight is 618 g/mol. The number of sulfonamides is 1. The van der Waals surface area contributed by atoms with Crippen LogP contribution in [0.5, 0.6) is 11.5 Å². The van der Waals surface area contributed by atoms with E-state index in [9.17, 15) is 16.8 Å². The fourth-order valence-electron chi connectivity index (χ4n) is 4.31. The number of nitrogens with zero attached hydrogens (tertiary/aromatic N) is 3. The number of hydrogen-bond donors (Lipinski definition) is 2. The van der Waals surface area contributed by atoms with E-state index < -0.39 is 25.0 Å². The molecule has 1 fully saturated rings. The van der Waals surface area contributed by atoms with Gasteiger partial charge in [0.1, 0.15) is 15.5 Å². The molecule has 0 radical (unpaired) electrons. The van der Waals surface area contributed by atoms with E-state index in [4.69, 9.17) is 19.6 Å². The quantitative estimate of drug-likeness (QED) is 0.102. The monoisotopic (exact) mass is 617 g/mol. The van der Waals surface area contributed by atoms with Crippen molar-refractivity contribution in [1.29, 1.82) is 0 Å². The van der Waals surface area contributed by atoms with Crippen molar-refractivity contribution in [3.8, 4) is 11.5 Å². The lowest BCUT2D eigenvalue weighted by atomic mass is 10.2. The van der Waals surface area contributed by atoms with Gasteiger partial charge in [0.2, 0.25) is 10.0 Å². The van der Waals surface area contributed by atoms with Gasteiger partial charge in [-0.3, -0.25) is 9.74 Å². The van der Waals surface area contributed by atoms with Gasteiger partial charge in [-0.15, -0.1) is 0 Å². The molecular weight excluding hydrogens is 582 g/mol. The summed E-state index contributed by atoms with van der Waals surface area (Å²) < 4.78 is 60.8. The first-order chi connectivity index (χ1) is 20.1. The van der Waals surface area contributed by atoms with Gasteiger partial charge >= 0.3 is 10.1 Å². The molecule has 1 aliphatic heterocycles. The summed E-state index contributed by atoms with van der Waals surface area (Å²) in [5.74, 6) is -0.0782. The normalized spacial score (nSPS) is 15.3. The van der Waals surface area contributed by atoms with E-state index in [1.165, 1.54) is 40.7 Å². The van der Waals surface area contributed by atoms with Crippen LogP contribution in [0.25, 0.3) is 0 Å². The molecule has 0 unspecified atom stereocenters. The Morgan fingerprint density at radius 3 is 2.24 bits per heavy atom. The van der Waals surface area contributed by atoms with Gasteiger partial charge in [-0.05, 0) is 53.9 Å². The molecule has 0 bridgehead atoms. The van der Waals surface area contributed by atoms with Crippen LogP contribution in [0.2, 0.25) is 0 Å². The van der Waals surface area contributed by atoms with E-state index in [0.29, 0.717) is 31.8 Å². The van der Waals surface area contributed by atoms with Crippen molar-refractivity contribution in [2.45, 2.75) is 36.6 Å². The Kier molecular flexibility index (Phi) is 10.4. The molecule has 42 heavy (non-hydrogen) atoms. The summed E-state index contributed by atoms with van der Waals surface area (Å²) in [5, 5.41) is 3.69. The molecule has 14 heteroatoms. The third-order valence-corrected chi connectivity index (χ3v) is 9.67. The molecule has 3 aromatic rings. The predicted octanol–water partition coefficient (Wildman–Crippen LogP) is 2.81. The number of rotatable bonds is 12. The summed E-state index contributed by atoms with van der Waals surface area (Å²) in [6.45, 7) is 6.23. The molecule has 0 aliphatic carbocycles. The molecule has 4 rings (SSSR count). The van der Waals surface area contributed by atoms with Crippen LogP contribution in [0.4, 0.5) is 0 Å². The minimum absolute atomic E-state index is 0.0873. The molecule has 1 heterocycles. The van der Waals surface area contributed by atoms with Gasteiger partial charge in [-0.2, -0.15) is 12.7 Å². The Bertz CT molecular complexity index is 1590. The standard InChI is InChI=1S/C28H35N5O7S2/c1-3-17-38-30-28(29)31-39-24-18-22(2)19-25(20-24)40-42(36,37)27-12-8-7-11-26(27)41(34,35)33-15-13-32(14-16-33)21-23-9-5-4-6-10-23/h4-12,18-20H,3,13-17,21H2,1-2H3,(H3,29,30,31). The summed E-state index contributed by atoms with van der Waals surface area (Å²) in [5.41, 5.74) is 9.84. The van der Waals surface area contributed by atoms with E-state index in [-0.39, 0.29) is 35.4 Å². The number of oxime groups is 1. The number of nitrogens with two attached hydrogens (primary N) is 1. The lowest BCUT2D eigenvalue weighted by Gasteiger charge is -2.34. The lowest BCUT2D eigenvalue weighted by molar-refractivity contribution is 0.0824. The summed E-state index contributed by atoms with van der Waals surface area (Å²) in [6, 6.07) is 19.7. The van der Waals surface area contributed by atoms with Crippen molar-refractivity contribution < 1.29 is 30.7 Å². The number of nitrogens with one attached hydrogen (secondary N) is 1. The molecular formula is C28H35N5O7S2. The minimum atomic E-state index is -4.56. The molecule has 0 amide bonds. The highest BCUT2D eigenvalue weighted by atomic mass is 32.2. The maximum Gasteiger partial charge on any atom is 0.340 e. The second-order valence-corrected chi connectivity index (χ2v) is 13.1. The van der Waals surface area contributed by atoms with Crippen LogP contribution in [0.15, 0.2) is 87.7 Å². The van der Waals surface area contributed by atoms with Crippen molar-refractivity contribution >= 4 is 26.1 Å².